The third-order valence-corrected chi connectivity index (χ3v) is 6.94. The molecule has 4 N–H and O–H groups in total. The van der Waals surface area contributed by atoms with Crippen molar-refractivity contribution >= 4 is 28.8 Å². The number of likely N-dealkylation sites (tertiary alicyclic amines) is 1. The van der Waals surface area contributed by atoms with Gasteiger partial charge in [0, 0.05) is 36.6 Å². The van der Waals surface area contributed by atoms with Gasteiger partial charge in [-0.05, 0) is 48.3 Å². The number of primary amides is 1. The van der Waals surface area contributed by atoms with Crippen molar-refractivity contribution in [2.24, 2.45) is 5.73 Å². The van der Waals surface area contributed by atoms with Gasteiger partial charge < -0.3 is 25.7 Å². The molecular weight excluding hydrogens is 456 g/mol. The third-order valence-electron chi connectivity index (χ3n) is 6.94. The van der Waals surface area contributed by atoms with Gasteiger partial charge in [0.1, 0.15) is 12.6 Å². The Morgan fingerprint density at radius 1 is 1.11 bits per heavy atom. The van der Waals surface area contributed by atoms with E-state index < -0.39 is 18.0 Å². The number of hydrogen-bond acceptors (Lipinski definition) is 4. The number of fused-ring (bicyclic) bond motifs is 1. The number of nitrogens with zero attached hydrogens (tertiary/aromatic N) is 1. The van der Waals surface area contributed by atoms with Crippen LogP contribution in [-0.2, 0) is 27.4 Å². The minimum atomic E-state index is -0.863. The van der Waals surface area contributed by atoms with Crippen LogP contribution in [0.3, 0.4) is 0 Å². The number of aromatic amines is 1. The normalized spacial score (nSPS) is 15.0. The summed E-state index contributed by atoms with van der Waals surface area (Å²) in [6.45, 7) is 3.41. The summed E-state index contributed by atoms with van der Waals surface area (Å²) in [5, 5.41) is 3.90. The van der Waals surface area contributed by atoms with E-state index in [9.17, 15) is 14.4 Å². The first kappa shape index (κ1) is 25.3. The number of nitrogens with one attached hydrogen (secondary N) is 2. The minimum Gasteiger partial charge on any atom is -0.445 e. The van der Waals surface area contributed by atoms with Crippen LogP contribution in [0.15, 0.2) is 54.7 Å². The first-order chi connectivity index (χ1) is 17.5. The van der Waals surface area contributed by atoms with Crippen LogP contribution in [0.4, 0.5) is 4.79 Å². The molecule has 2 heterocycles. The summed E-state index contributed by atoms with van der Waals surface area (Å²) in [5.74, 6) is -0.377. The molecule has 0 bridgehead atoms. The van der Waals surface area contributed by atoms with Gasteiger partial charge in [-0.2, -0.15) is 0 Å². The van der Waals surface area contributed by atoms with E-state index in [4.69, 9.17) is 10.5 Å². The molecule has 1 aliphatic rings. The molecule has 3 amide bonds. The van der Waals surface area contributed by atoms with Crippen LogP contribution in [0.2, 0.25) is 0 Å². The molecule has 1 fully saturated rings. The van der Waals surface area contributed by atoms with E-state index in [1.54, 1.807) is 4.90 Å². The Morgan fingerprint density at radius 3 is 2.56 bits per heavy atom. The first-order valence-corrected chi connectivity index (χ1v) is 12.6. The van der Waals surface area contributed by atoms with Gasteiger partial charge in [0.25, 0.3) is 0 Å². The lowest BCUT2D eigenvalue weighted by Gasteiger charge is -2.34. The Morgan fingerprint density at radius 2 is 1.86 bits per heavy atom. The summed E-state index contributed by atoms with van der Waals surface area (Å²) in [6.07, 6.45) is 4.18. The van der Waals surface area contributed by atoms with Crippen LogP contribution >= 0.6 is 0 Å². The zero-order valence-corrected chi connectivity index (χ0v) is 20.7. The maximum absolute atomic E-state index is 13.3. The second-order valence-electron chi connectivity index (χ2n) is 9.30. The fraction of sp³-hybridized carbons (Fsp3) is 0.393. The van der Waals surface area contributed by atoms with E-state index in [1.165, 1.54) is 22.0 Å². The third kappa shape index (κ3) is 6.05. The van der Waals surface area contributed by atoms with Crippen molar-refractivity contribution in [3.8, 4) is 0 Å². The number of carbonyl (C=O) groups excluding carboxylic acids is 3. The largest absolute Gasteiger partial charge is 0.445 e. The van der Waals surface area contributed by atoms with E-state index in [0.717, 1.165) is 24.8 Å². The summed E-state index contributed by atoms with van der Waals surface area (Å²) in [7, 11) is 0. The number of para-hydroxylation sites is 1. The van der Waals surface area contributed by atoms with E-state index in [1.807, 2.05) is 30.3 Å². The zero-order chi connectivity index (χ0) is 25.5. The molecule has 1 atom stereocenters. The monoisotopic (exact) mass is 490 g/mol. The van der Waals surface area contributed by atoms with Gasteiger partial charge in [0.2, 0.25) is 11.8 Å². The maximum Gasteiger partial charge on any atom is 0.408 e. The SMILES string of the molecule is CCc1cccc2c(C3CCN(C(=O)C(CCC(N)=O)NC(=O)OCc4ccccc4)CC3)c[nH]c12. The highest BCUT2D eigenvalue weighted by atomic mass is 16.5. The second-order valence-corrected chi connectivity index (χ2v) is 9.30. The molecule has 1 aromatic heterocycles. The Labute approximate surface area is 211 Å². The molecule has 8 nitrogen and oxygen atoms in total. The summed E-state index contributed by atoms with van der Waals surface area (Å²) >= 11 is 0. The number of piperidine rings is 1. The standard InChI is InChI=1S/C28H34N4O4/c1-2-20-9-6-10-22-23(17-30-26(20)22)21-13-15-32(16-14-21)27(34)24(11-12-25(29)33)31-28(35)36-18-19-7-4-3-5-8-19/h3-10,17,21,24,30H,2,11-16,18H2,1H3,(H2,29,33)(H,31,35). The summed E-state index contributed by atoms with van der Waals surface area (Å²) in [4.78, 5) is 42.3. The molecular formula is C28H34N4O4. The highest BCUT2D eigenvalue weighted by Gasteiger charge is 2.31. The van der Waals surface area contributed by atoms with E-state index >= 15 is 0 Å². The molecule has 1 saturated heterocycles. The highest BCUT2D eigenvalue weighted by Crippen LogP contribution is 2.34. The van der Waals surface area contributed by atoms with Crippen molar-refractivity contribution in [3.05, 3.63) is 71.4 Å². The van der Waals surface area contributed by atoms with Crippen molar-refractivity contribution < 1.29 is 19.1 Å². The number of amides is 3. The number of carbonyl (C=O) groups is 3. The molecule has 3 aromatic rings. The van der Waals surface area contributed by atoms with Crippen molar-refractivity contribution in [2.75, 3.05) is 13.1 Å². The number of aryl methyl sites for hydroxylation is 1. The van der Waals surface area contributed by atoms with Crippen molar-refractivity contribution in [2.45, 2.75) is 57.6 Å². The second kappa shape index (κ2) is 11.7. The van der Waals surface area contributed by atoms with Gasteiger partial charge in [0.05, 0.1) is 0 Å². The van der Waals surface area contributed by atoms with Crippen molar-refractivity contribution in [3.63, 3.8) is 0 Å². The predicted octanol–water partition coefficient (Wildman–Crippen LogP) is 4.00. The Kier molecular flexibility index (Phi) is 8.25. The fourth-order valence-electron chi connectivity index (χ4n) is 4.95. The van der Waals surface area contributed by atoms with Gasteiger partial charge in [-0.3, -0.25) is 9.59 Å². The van der Waals surface area contributed by atoms with Crippen LogP contribution in [0, 0.1) is 0 Å². The minimum absolute atomic E-state index is 0.000931. The van der Waals surface area contributed by atoms with E-state index in [0.29, 0.717) is 19.0 Å². The molecule has 0 saturated carbocycles. The predicted molar refractivity (Wildman–Crippen MR) is 138 cm³/mol. The molecule has 1 unspecified atom stereocenters. The molecule has 1 aliphatic heterocycles. The number of H-pyrrole nitrogens is 1. The Balaban J connectivity index is 1.37. The summed E-state index contributed by atoms with van der Waals surface area (Å²) in [6, 6.07) is 14.8. The Bertz CT molecular complexity index is 1200. The van der Waals surface area contributed by atoms with Crippen molar-refractivity contribution in [1.82, 2.24) is 15.2 Å². The lowest BCUT2D eigenvalue weighted by atomic mass is 9.88. The molecule has 8 heteroatoms. The van der Waals surface area contributed by atoms with Crippen LogP contribution in [0.25, 0.3) is 10.9 Å². The average molecular weight is 491 g/mol. The number of nitrogens with two attached hydrogens (primary N) is 1. The highest BCUT2D eigenvalue weighted by molar-refractivity contribution is 5.88. The topological polar surface area (TPSA) is 118 Å². The van der Waals surface area contributed by atoms with Crippen LogP contribution in [0.1, 0.15) is 55.2 Å². The maximum atomic E-state index is 13.3. The number of aromatic nitrogens is 1. The number of benzene rings is 2. The van der Waals surface area contributed by atoms with Crippen LogP contribution in [0.5, 0.6) is 0 Å². The first-order valence-electron chi connectivity index (χ1n) is 12.6. The quantitative estimate of drug-likeness (QED) is 0.420. The molecule has 190 valence electrons. The van der Waals surface area contributed by atoms with E-state index in [-0.39, 0.29) is 25.4 Å². The smallest absolute Gasteiger partial charge is 0.408 e. The Hall–Kier alpha value is -3.81. The number of ether oxygens (including phenoxy) is 1. The average Bonchev–Trinajstić information content (AvgIpc) is 3.34. The molecule has 0 aliphatic carbocycles. The van der Waals surface area contributed by atoms with Crippen LogP contribution in [-0.4, -0.2) is 46.9 Å². The van der Waals surface area contributed by atoms with Crippen LogP contribution < -0.4 is 11.1 Å². The molecule has 0 radical (unpaired) electrons. The van der Waals surface area contributed by atoms with E-state index in [2.05, 4.69) is 41.6 Å². The number of alkyl carbamates (subject to hydrolysis) is 1. The summed E-state index contributed by atoms with van der Waals surface area (Å²) in [5.41, 5.74) is 9.94. The fourth-order valence-corrected chi connectivity index (χ4v) is 4.95. The van der Waals surface area contributed by atoms with Crippen molar-refractivity contribution in [1.29, 1.82) is 0 Å². The van der Waals surface area contributed by atoms with Gasteiger partial charge in [-0.25, -0.2) is 4.79 Å². The summed E-state index contributed by atoms with van der Waals surface area (Å²) < 4.78 is 5.29. The lowest BCUT2D eigenvalue weighted by Crippen LogP contribution is -2.51. The molecule has 0 spiro atoms. The number of rotatable bonds is 9. The molecule has 4 rings (SSSR count). The molecule has 2 aromatic carbocycles. The van der Waals surface area contributed by atoms with Gasteiger partial charge in [-0.15, -0.1) is 0 Å². The number of hydrogen-bond donors (Lipinski definition) is 3. The van der Waals surface area contributed by atoms with Gasteiger partial charge in [-0.1, -0.05) is 55.5 Å². The molecule has 36 heavy (non-hydrogen) atoms. The zero-order valence-electron chi connectivity index (χ0n) is 20.7. The van der Waals surface area contributed by atoms with Gasteiger partial charge in [0.15, 0.2) is 0 Å². The lowest BCUT2D eigenvalue weighted by molar-refractivity contribution is -0.134. The van der Waals surface area contributed by atoms with Gasteiger partial charge >= 0.3 is 6.09 Å².